The quantitative estimate of drug-likeness (QED) is 0.462. The Kier molecular flexibility index (Phi) is 6.71. The average Bonchev–Trinajstić information content (AvgIpc) is 2.92. The van der Waals surface area contributed by atoms with E-state index in [0.29, 0.717) is 19.4 Å². The lowest BCUT2D eigenvalue weighted by molar-refractivity contribution is -0.305. The molecule has 8 nitrogen and oxygen atoms in total. The number of carboxylic acids is 1. The zero-order valence-electron chi connectivity index (χ0n) is 17.4. The van der Waals surface area contributed by atoms with Crippen LogP contribution in [-0.2, 0) is 20.7 Å². The highest BCUT2D eigenvalue weighted by molar-refractivity contribution is 5.84. The highest BCUT2D eigenvalue weighted by Crippen LogP contribution is 2.40. The molecule has 0 spiro atoms. The van der Waals surface area contributed by atoms with Gasteiger partial charge in [0.05, 0.1) is 6.10 Å². The van der Waals surface area contributed by atoms with Crippen molar-refractivity contribution in [2.45, 2.75) is 49.7 Å². The van der Waals surface area contributed by atoms with E-state index in [0.717, 1.165) is 27.8 Å². The van der Waals surface area contributed by atoms with E-state index in [4.69, 9.17) is 15.2 Å². The second-order valence-corrected chi connectivity index (χ2v) is 8.00. The molecule has 0 bridgehead atoms. The molecule has 32 heavy (non-hydrogen) atoms. The zero-order chi connectivity index (χ0) is 22.8. The van der Waals surface area contributed by atoms with Crippen LogP contribution in [0.2, 0.25) is 0 Å². The minimum atomic E-state index is -1.77. The Morgan fingerprint density at radius 2 is 1.72 bits per heavy atom. The van der Waals surface area contributed by atoms with Crippen molar-refractivity contribution in [3.8, 4) is 0 Å². The summed E-state index contributed by atoms with van der Waals surface area (Å²) in [6.45, 7) is 0.507. The minimum Gasteiger partial charge on any atom is -0.479 e. The van der Waals surface area contributed by atoms with Crippen molar-refractivity contribution < 1.29 is 34.7 Å². The molecule has 4 rings (SSSR count). The van der Waals surface area contributed by atoms with E-state index >= 15 is 0 Å². The fourth-order valence-electron chi connectivity index (χ4n) is 4.33. The van der Waals surface area contributed by atoms with Gasteiger partial charge in [-0.15, -0.1) is 0 Å². The lowest BCUT2D eigenvalue weighted by atomic mass is 9.93. The van der Waals surface area contributed by atoms with Crippen LogP contribution in [-0.4, -0.2) is 63.6 Å². The maximum Gasteiger partial charge on any atom is 0.335 e. The van der Waals surface area contributed by atoms with Gasteiger partial charge in [-0.25, -0.2) is 4.79 Å². The third-order valence-corrected chi connectivity index (χ3v) is 5.94. The molecular weight excluding hydrogens is 414 g/mol. The molecule has 1 aliphatic heterocycles. The summed E-state index contributed by atoms with van der Waals surface area (Å²) < 4.78 is 11.5. The van der Waals surface area contributed by atoms with Crippen molar-refractivity contribution >= 4 is 11.5 Å². The van der Waals surface area contributed by atoms with E-state index in [-0.39, 0.29) is 0 Å². The summed E-state index contributed by atoms with van der Waals surface area (Å²) in [6, 6.07) is 15.6. The van der Waals surface area contributed by atoms with Gasteiger partial charge in [0.15, 0.2) is 12.4 Å². The van der Waals surface area contributed by atoms with Crippen LogP contribution in [0.15, 0.2) is 54.6 Å². The maximum atomic E-state index is 11.5. The lowest BCUT2D eigenvalue weighted by Crippen LogP contribution is -2.60. The molecule has 1 aliphatic carbocycles. The SMILES string of the molecule is NCCC=C1c2ccccc2CC(OC2OC(C(=O)O)C(O)C(O)C2O)c2ccccc21. The average molecular weight is 441 g/mol. The van der Waals surface area contributed by atoms with E-state index < -0.39 is 42.8 Å². The molecule has 0 radical (unpaired) electrons. The molecule has 170 valence electrons. The summed E-state index contributed by atoms with van der Waals surface area (Å²) in [7, 11) is 0. The summed E-state index contributed by atoms with van der Waals surface area (Å²) in [4.78, 5) is 11.5. The van der Waals surface area contributed by atoms with Crippen LogP contribution in [0.25, 0.3) is 5.57 Å². The Labute approximate surface area is 185 Å². The number of aliphatic hydroxyl groups is 3. The first-order valence-corrected chi connectivity index (χ1v) is 10.6. The number of carboxylic acid groups (broad SMARTS) is 1. The van der Waals surface area contributed by atoms with E-state index in [1.165, 1.54) is 0 Å². The smallest absolute Gasteiger partial charge is 0.335 e. The Morgan fingerprint density at radius 1 is 1.03 bits per heavy atom. The molecule has 2 aliphatic rings. The molecular formula is C24H27NO7. The number of carbonyl (C=O) groups is 1. The van der Waals surface area contributed by atoms with Gasteiger partial charge in [-0.05, 0) is 40.8 Å². The molecule has 1 heterocycles. The first-order chi connectivity index (χ1) is 15.4. The second-order valence-electron chi connectivity index (χ2n) is 8.00. The third kappa shape index (κ3) is 4.21. The van der Waals surface area contributed by atoms with Crippen LogP contribution in [0.5, 0.6) is 0 Å². The predicted octanol–water partition coefficient (Wildman–Crippen LogP) is 0.973. The minimum absolute atomic E-state index is 0.441. The van der Waals surface area contributed by atoms with Crippen LogP contribution in [0, 0.1) is 0 Å². The van der Waals surface area contributed by atoms with Crippen LogP contribution in [0.1, 0.15) is 34.8 Å². The van der Waals surface area contributed by atoms with Gasteiger partial charge in [0.2, 0.25) is 0 Å². The first kappa shape index (κ1) is 22.6. The molecule has 2 aromatic rings. The number of hydrogen-bond donors (Lipinski definition) is 5. The number of aliphatic carboxylic acids is 1. The van der Waals surface area contributed by atoms with E-state index in [9.17, 15) is 25.2 Å². The molecule has 0 saturated carbocycles. The summed E-state index contributed by atoms with van der Waals surface area (Å²) in [5, 5.41) is 39.9. The number of rotatable bonds is 5. The number of ether oxygens (including phenoxy) is 2. The second kappa shape index (κ2) is 9.50. The van der Waals surface area contributed by atoms with Gasteiger partial charge in [0, 0.05) is 6.42 Å². The van der Waals surface area contributed by atoms with Crippen LogP contribution < -0.4 is 5.73 Å². The van der Waals surface area contributed by atoms with Crippen molar-refractivity contribution in [1.29, 1.82) is 0 Å². The molecule has 1 fully saturated rings. The standard InChI is InChI=1S/C24H27NO7/c25-11-5-10-15-14-7-2-1-6-13(14)12-18(17-9-4-3-8-16(15)17)31-24-21(28)19(26)20(27)22(32-24)23(29)30/h1-4,6-10,18-22,24,26-28H,5,11-12,25H2,(H,29,30). The Bertz CT molecular complexity index is 1010. The van der Waals surface area contributed by atoms with E-state index in [1.807, 2.05) is 48.5 Å². The van der Waals surface area contributed by atoms with Gasteiger partial charge in [-0.3, -0.25) is 0 Å². The summed E-state index contributed by atoms with van der Waals surface area (Å²) in [5.74, 6) is -1.45. The van der Waals surface area contributed by atoms with Gasteiger partial charge in [-0.2, -0.15) is 0 Å². The first-order valence-electron chi connectivity index (χ1n) is 10.6. The number of nitrogens with two attached hydrogens (primary N) is 1. The third-order valence-electron chi connectivity index (χ3n) is 5.94. The molecule has 6 unspecified atom stereocenters. The number of aliphatic hydroxyl groups excluding tert-OH is 3. The van der Waals surface area contributed by atoms with Gasteiger partial charge in [-0.1, -0.05) is 54.6 Å². The topological polar surface area (TPSA) is 142 Å². The van der Waals surface area contributed by atoms with Crippen molar-refractivity contribution in [1.82, 2.24) is 0 Å². The van der Waals surface area contributed by atoms with E-state index in [1.54, 1.807) is 0 Å². The Hall–Kier alpha value is -2.59. The fourth-order valence-corrected chi connectivity index (χ4v) is 4.33. The van der Waals surface area contributed by atoms with Gasteiger partial charge in [0.25, 0.3) is 0 Å². The predicted molar refractivity (Wildman–Crippen MR) is 115 cm³/mol. The van der Waals surface area contributed by atoms with Crippen LogP contribution in [0.4, 0.5) is 0 Å². The van der Waals surface area contributed by atoms with Gasteiger partial charge < -0.3 is 35.6 Å². The fraction of sp³-hybridized carbons (Fsp3) is 0.375. The van der Waals surface area contributed by atoms with E-state index in [2.05, 4.69) is 6.08 Å². The molecule has 2 aromatic carbocycles. The normalized spacial score (nSPS) is 30.9. The number of benzene rings is 2. The largest absolute Gasteiger partial charge is 0.479 e. The van der Waals surface area contributed by atoms with Crippen molar-refractivity contribution in [2.75, 3.05) is 6.54 Å². The molecule has 6 atom stereocenters. The van der Waals surface area contributed by atoms with Crippen molar-refractivity contribution in [3.05, 3.63) is 76.9 Å². The molecule has 1 saturated heterocycles. The Balaban J connectivity index is 1.74. The molecule has 8 heteroatoms. The van der Waals surface area contributed by atoms with Crippen LogP contribution in [0.3, 0.4) is 0 Å². The highest BCUT2D eigenvalue weighted by atomic mass is 16.7. The highest BCUT2D eigenvalue weighted by Gasteiger charge is 2.48. The molecule has 0 aromatic heterocycles. The number of fused-ring (bicyclic) bond motifs is 2. The van der Waals surface area contributed by atoms with Crippen LogP contribution >= 0.6 is 0 Å². The summed E-state index contributed by atoms with van der Waals surface area (Å²) in [5.41, 5.74) is 10.6. The monoisotopic (exact) mass is 441 g/mol. The lowest BCUT2D eigenvalue weighted by Gasteiger charge is -2.40. The summed E-state index contributed by atoms with van der Waals surface area (Å²) >= 11 is 0. The molecule has 0 amide bonds. The number of hydrogen-bond acceptors (Lipinski definition) is 7. The maximum absolute atomic E-state index is 11.5. The van der Waals surface area contributed by atoms with Gasteiger partial charge >= 0.3 is 5.97 Å². The van der Waals surface area contributed by atoms with Gasteiger partial charge in [0.1, 0.15) is 18.3 Å². The van der Waals surface area contributed by atoms with Crippen molar-refractivity contribution in [3.63, 3.8) is 0 Å². The summed E-state index contributed by atoms with van der Waals surface area (Å²) in [6.07, 6.45) is -5.62. The Morgan fingerprint density at radius 3 is 2.44 bits per heavy atom. The zero-order valence-corrected chi connectivity index (χ0v) is 17.4. The van der Waals surface area contributed by atoms with Crippen molar-refractivity contribution in [2.24, 2.45) is 5.73 Å². The molecule has 6 N–H and O–H groups in total.